The van der Waals surface area contributed by atoms with Crippen LogP contribution in [0.1, 0.15) is 24.3 Å². The number of carbonyl (C=O) groups excluding carboxylic acids is 1. The Kier molecular flexibility index (Phi) is 8.26. The Balaban J connectivity index is 0.00000289. The minimum atomic E-state index is -0.233. The van der Waals surface area contributed by atoms with E-state index in [1.165, 1.54) is 11.3 Å². The minimum Gasteiger partial charge on any atom is -0.355 e. The summed E-state index contributed by atoms with van der Waals surface area (Å²) in [5, 5.41) is 5.32. The number of hydrogen-bond acceptors (Lipinski definition) is 6. The molecule has 0 fully saturated rings. The molecule has 32 heavy (non-hydrogen) atoms. The molecule has 9 heteroatoms. The van der Waals surface area contributed by atoms with Crippen molar-refractivity contribution in [2.45, 2.75) is 13.8 Å². The number of rotatable bonds is 8. The largest absolute Gasteiger partial charge is 0.355 e. The predicted molar refractivity (Wildman–Crippen MR) is 133 cm³/mol. The van der Waals surface area contributed by atoms with Gasteiger partial charge in [-0.3, -0.25) is 9.69 Å². The number of likely N-dealkylation sites (N-methyl/N-ethyl adjacent to an activating group) is 1. The normalized spacial score (nSPS) is 11.0. The number of fused-ring (bicyclic) bond motifs is 1. The molecule has 0 N–H and O–H groups in total. The Hall–Kier alpha value is -2.45. The SMILES string of the molecule is CCN(CC)CCN(C(=O)c1cc(-c2ccccc2)on1)c1nc2ccc(Cl)cc2s1.Cl. The molecule has 1 amide bonds. The first-order valence-electron chi connectivity index (χ1n) is 10.2. The smallest absolute Gasteiger partial charge is 0.282 e. The van der Waals surface area contributed by atoms with E-state index in [9.17, 15) is 4.79 Å². The second kappa shape index (κ2) is 10.9. The van der Waals surface area contributed by atoms with Gasteiger partial charge in [-0.25, -0.2) is 4.98 Å². The third-order valence-electron chi connectivity index (χ3n) is 5.14. The number of thiazole rings is 1. The van der Waals surface area contributed by atoms with Crippen LogP contribution < -0.4 is 4.90 Å². The highest BCUT2D eigenvalue weighted by atomic mass is 35.5. The number of halogens is 2. The van der Waals surface area contributed by atoms with Crippen molar-refractivity contribution in [3.8, 4) is 11.3 Å². The first-order chi connectivity index (χ1) is 15.1. The third-order valence-corrected chi connectivity index (χ3v) is 6.41. The van der Waals surface area contributed by atoms with E-state index in [1.54, 1.807) is 17.0 Å². The molecule has 2 aromatic carbocycles. The van der Waals surface area contributed by atoms with Gasteiger partial charge in [0.1, 0.15) is 0 Å². The maximum absolute atomic E-state index is 13.4. The maximum atomic E-state index is 13.4. The van der Waals surface area contributed by atoms with Crippen molar-refractivity contribution in [2.75, 3.05) is 31.1 Å². The van der Waals surface area contributed by atoms with Crippen LogP contribution in [0.5, 0.6) is 0 Å². The van der Waals surface area contributed by atoms with Gasteiger partial charge in [0, 0.05) is 29.7 Å². The first-order valence-corrected chi connectivity index (χ1v) is 11.4. The summed E-state index contributed by atoms with van der Waals surface area (Å²) in [5.74, 6) is 0.326. The van der Waals surface area contributed by atoms with Crippen molar-refractivity contribution in [1.29, 1.82) is 0 Å². The van der Waals surface area contributed by atoms with Gasteiger partial charge in [0.25, 0.3) is 5.91 Å². The van der Waals surface area contributed by atoms with Gasteiger partial charge in [0.2, 0.25) is 0 Å². The summed E-state index contributed by atoms with van der Waals surface area (Å²) in [7, 11) is 0. The van der Waals surface area contributed by atoms with Crippen molar-refractivity contribution < 1.29 is 9.32 Å². The highest BCUT2D eigenvalue weighted by Crippen LogP contribution is 2.32. The number of nitrogens with zero attached hydrogens (tertiary/aromatic N) is 4. The standard InChI is InChI=1S/C23H23ClN4O2S.ClH/c1-3-27(4-2)12-13-28(23-25-18-11-10-17(24)14-21(18)31-23)22(29)19-15-20(30-26-19)16-8-6-5-7-9-16;/h5-11,14-15H,3-4,12-13H2,1-2H3;1H. The quantitative estimate of drug-likeness (QED) is 0.302. The van der Waals surface area contributed by atoms with E-state index < -0.39 is 0 Å². The van der Waals surface area contributed by atoms with Crippen molar-refractivity contribution in [3.05, 3.63) is 65.3 Å². The minimum absolute atomic E-state index is 0. The molecule has 0 saturated carbocycles. The van der Waals surface area contributed by atoms with Gasteiger partial charge < -0.3 is 9.42 Å². The summed E-state index contributed by atoms with van der Waals surface area (Å²) in [6.07, 6.45) is 0. The number of hydrogen-bond donors (Lipinski definition) is 0. The van der Waals surface area contributed by atoms with Crippen LogP contribution in [0.3, 0.4) is 0 Å². The molecule has 0 aliphatic rings. The Labute approximate surface area is 202 Å². The van der Waals surface area contributed by atoms with Crippen LogP contribution in [0, 0.1) is 0 Å². The van der Waals surface area contributed by atoms with Crippen LogP contribution in [0.25, 0.3) is 21.5 Å². The van der Waals surface area contributed by atoms with Gasteiger partial charge in [0.05, 0.1) is 10.2 Å². The molecule has 0 atom stereocenters. The Morgan fingerprint density at radius 1 is 1.06 bits per heavy atom. The summed E-state index contributed by atoms with van der Waals surface area (Å²) in [6.45, 7) is 7.28. The van der Waals surface area contributed by atoms with E-state index in [4.69, 9.17) is 16.1 Å². The fourth-order valence-electron chi connectivity index (χ4n) is 3.32. The molecule has 0 bridgehead atoms. The molecule has 0 saturated heterocycles. The number of benzene rings is 2. The molecular weight excluding hydrogens is 467 g/mol. The van der Waals surface area contributed by atoms with E-state index in [1.807, 2.05) is 42.5 Å². The fourth-order valence-corrected chi connectivity index (χ4v) is 4.59. The van der Waals surface area contributed by atoms with Gasteiger partial charge in [-0.2, -0.15) is 0 Å². The van der Waals surface area contributed by atoms with Crippen molar-refractivity contribution in [3.63, 3.8) is 0 Å². The van der Waals surface area contributed by atoms with Gasteiger partial charge in [-0.05, 0) is 31.3 Å². The Bertz CT molecular complexity index is 1180. The molecule has 6 nitrogen and oxygen atoms in total. The molecule has 0 unspecified atom stereocenters. The lowest BCUT2D eigenvalue weighted by Crippen LogP contribution is -2.39. The molecular formula is C23H24Cl2N4O2S. The van der Waals surface area contributed by atoms with Crippen LogP contribution in [0.2, 0.25) is 5.02 Å². The highest BCUT2D eigenvalue weighted by Gasteiger charge is 2.25. The average molecular weight is 491 g/mol. The predicted octanol–water partition coefficient (Wildman–Crippen LogP) is 6.02. The van der Waals surface area contributed by atoms with E-state index >= 15 is 0 Å². The monoisotopic (exact) mass is 490 g/mol. The van der Waals surface area contributed by atoms with E-state index in [-0.39, 0.29) is 24.0 Å². The van der Waals surface area contributed by atoms with Crippen LogP contribution in [0.15, 0.2) is 59.1 Å². The highest BCUT2D eigenvalue weighted by molar-refractivity contribution is 7.22. The molecule has 0 aliphatic carbocycles. The molecule has 0 aliphatic heterocycles. The molecule has 0 radical (unpaired) electrons. The van der Waals surface area contributed by atoms with Gasteiger partial charge >= 0.3 is 0 Å². The Morgan fingerprint density at radius 2 is 1.81 bits per heavy atom. The lowest BCUT2D eigenvalue weighted by Gasteiger charge is -2.24. The van der Waals surface area contributed by atoms with E-state index in [0.29, 0.717) is 22.5 Å². The van der Waals surface area contributed by atoms with Gasteiger partial charge in [-0.1, -0.05) is 72.3 Å². The second-order valence-electron chi connectivity index (χ2n) is 7.03. The van der Waals surface area contributed by atoms with Crippen molar-refractivity contribution in [1.82, 2.24) is 15.0 Å². The fraction of sp³-hybridized carbons (Fsp3) is 0.261. The number of aromatic nitrogens is 2. The first kappa shape index (κ1) is 24.2. The van der Waals surface area contributed by atoms with E-state index in [0.717, 1.165) is 35.4 Å². The zero-order chi connectivity index (χ0) is 21.8. The van der Waals surface area contributed by atoms with Crippen molar-refractivity contribution in [2.24, 2.45) is 0 Å². The Morgan fingerprint density at radius 3 is 2.53 bits per heavy atom. The van der Waals surface area contributed by atoms with Gasteiger partial charge in [-0.15, -0.1) is 12.4 Å². The van der Waals surface area contributed by atoms with Crippen LogP contribution in [-0.4, -0.2) is 47.1 Å². The topological polar surface area (TPSA) is 62.5 Å². The second-order valence-corrected chi connectivity index (χ2v) is 8.48. The molecule has 168 valence electrons. The summed E-state index contributed by atoms with van der Waals surface area (Å²) < 4.78 is 6.40. The lowest BCUT2D eigenvalue weighted by atomic mass is 10.1. The maximum Gasteiger partial charge on any atom is 0.282 e. The summed E-state index contributed by atoms with van der Waals surface area (Å²) in [4.78, 5) is 22.1. The molecule has 4 rings (SSSR count). The zero-order valence-electron chi connectivity index (χ0n) is 17.8. The van der Waals surface area contributed by atoms with E-state index in [2.05, 4.69) is 28.9 Å². The zero-order valence-corrected chi connectivity index (χ0v) is 20.2. The summed E-state index contributed by atoms with van der Waals surface area (Å²) >= 11 is 7.58. The summed E-state index contributed by atoms with van der Waals surface area (Å²) in [5.41, 5.74) is 1.95. The van der Waals surface area contributed by atoms with Crippen LogP contribution >= 0.6 is 35.3 Å². The number of carbonyl (C=O) groups is 1. The third kappa shape index (κ3) is 5.30. The number of anilines is 1. The van der Waals surface area contributed by atoms with Crippen LogP contribution in [-0.2, 0) is 0 Å². The molecule has 2 heterocycles. The molecule has 4 aromatic rings. The van der Waals surface area contributed by atoms with Crippen LogP contribution in [0.4, 0.5) is 5.13 Å². The number of amides is 1. The molecule has 2 aromatic heterocycles. The summed E-state index contributed by atoms with van der Waals surface area (Å²) in [6, 6.07) is 16.8. The average Bonchev–Trinajstić information content (AvgIpc) is 3.44. The van der Waals surface area contributed by atoms with Crippen molar-refractivity contribution >= 4 is 56.6 Å². The molecule has 0 spiro atoms. The van der Waals surface area contributed by atoms with Gasteiger partial charge in [0.15, 0.2) is 16.6 Å². The lowest BCUT2D eigenvalue weighted by molar-refractivity contribution is 0.0975.